The number of rotatable bonds is 2. The van der Waals surface area contributed by atoms with Crippen molar-refractivity contribution >= 4 is 11.8 Å². The predicted octanol–water partition coefficient (Wildman–Crippen LogP) is 1.54. The smallest absolute Gasteiger partial charge is 0.278 e. The van der Waals surface area contributed by atoms with Crippen LogP contribution >= 0.6 is 0 Å². The third-order valence-electron chi connectivity index (χ3n) is 3.13. The number of carbonyl (C=O) groups excluding carboxylic acids is 1. The maximum atomic E-state index is 11.9. The number of aromatic nitrogens is 3. The van der Waals surface area contributed by atoms with Crippen LogP contribution in [0.25, 0.3) is 0 Å². The molecule has 0 bridgehead atoms. The summed E-state index contributed by atoms with van der Waals surface area (Å²) in [5.74, 6) is 0.209. The second-order valence-corrected chi connectivity index (χ2v) is 4.47. The van der Waals surface area contributed by atoms with Gasteiger partial charge in [0.2, 0.25) is 5.88 Å². The molecule has 6 nitrogen and oxygen atoms in total. The first-order valence-corrected chi connectivity index (χ1v) is 6.02. The third kappa shape index (κ3) is 1.90. The molecule has 0 saturated heterocycles. The van der Waals surface area contributed by atoms with E-state index >= 15 is 0 Å². The first-order valence-electron chi connectivity index (χ1n) is 6.02. The summed E-state index contributed by atoms with van der Waals surface area (Å²) in [7, 11) is 1.77. The first-order chi connectivity index (χ1) is 8.74. The number of fused-ring (bicyclic) bond motifs is 1. The molecular weight excluding hydrogens is 232 g/mol. The van der Waals surface area contributed by atoms with Gasteiger partial charge in [0.25, 0.3) is 5.91 Å². The molecule has 2 aromatic rings. The summed E-state index contributed by atoms with van der Waals surface area (Å²) >= 11 is 0. The summed E-state index contributed by atoms with van der Waals surface area (Å²) in [6.07, 6.45) is 5.81. The molecule has 1 amide bonds. The van der Waals surface area contributed by atoms with Crippen molar-refractivity contribution in [3.8, 4) is 0 Å². The van der Waals surface area contributed by atoms with Gasteiger partial charge in [-0.05, 0) is 31.7 Å². The van der Waals surface area contributed by atoms with Crippen molar-refractivity contribution in [1.82, 2.24) is 14.9 Å². The highest BCUT2D eigenvalue weighted by molar-refractivity contribution is 6.02. The van der Waals surface area contributed by atoms with E-state index in [4.69, 9.17) is 4.52 Å². The number of aryl methyl sites for hydroxylation is 2. The zero-order valence-corrected chi connectivity index (χ0v) is 10.1. The Kier molecular flexibility index (Phi) is 2.62. The quantitative estimate of drug-likeness (QED) is 0.872. The summed E-state index contributed by atoms with van der Waals surface area (Å²) in [6.45, 7) is 0. The third-order valence-corrected chi connectivity index (χ3v) is 3.13. The molecular formula is C12H14N4O2. The van der Waals surface area contributed by atoms with Gasteiger partial charge in [0, 0.05) is 18.8 Å². The largest absolute Gasteiger partial charge is 0.338 e. The van der Waals surface area contributed by atoms with Gasteiger partial charge >= 0.3 is 0 Å². The monoisotopic (exact) mass is 246 g/mol. The van der Waals surface area contributed by atoms with Gasteiger partial charge in [-0.15, -0.1) is 0 Å². The van der Waals surface area contributed by atoms with Crippen LogP contribution in [0.5, 0.6) is 0 Å². The number of carbonyl (C=O) groups is 1. The van der Waals surface area contributed by atoms with E-state index in [1.54, 1.807) is 24.0 Å². The van der Waals surface area contributed by atoms with Crippen LogP contribution in [0.4, 0.5) is 5.88 Å². The van der Waals surface area contributed by atoms with Crippen molar-refractivity contribution in [3.63, 3.8) is 0 Å². The highest BCUT2D eigenvalue weighted by Crippen LogP contribution is 2.27. The van der Waals surface area contributed by atoms with Crippen LogP contribution in [0.3, 0.4) is 0 Å². The molecule has 6 heteroatoms. The Morgan fingerprint density at radius 2 is 2.28 bits per heavy atom. The van der Waals surface area contributed by atoms with E-state index < -0.39 is 0 Å². The molecule has 94 valence electrons. The minimum absolute atomic E-state index is 0.264. The Bertz CT molecular complexity index is 585. The molecule has 0 radical (unpaired) electrons. The molecule has 0 saturated carbocycles. The Balaban J connectivity index is 1.80. The van der Waals surface area contributed by atoms with Crippen LogP contribution in [0.1, 0.15) is 34.6 Å². The molecule has 0 spiro atoms. The maximum absolute atomic E-state index is 11.9. The first kappa shape index (κ1) is 11.0. The average molecular weight is 246 g/mol. The fourth-order valence-electron chi connectivity index (χ4n) is 2.19. The van der Waals surface area contributed by atoms with Crippen molar-refractivity contribution in [2.24, 2.45) is 7.05 Å². The van der Waals surface area contributed by atoms with Crippen LogP contribution in [0.15, 0.2) is 16.8 Å². The van der Waals surface area contributed by atoms with Gasteiger partial charge in [0.1, 0.15) is 0 Å². The van der Waals surface area contributed by atoms with E-state index in [0.29, 0.717) is 11.6 Å². The van der Waals surface area contributed by atoms with E-state index in [0.717, 1.165) is 36.9 Å². The lowest BCUT2D eigenvalue weighted by Crippen LogP contribution is -2.14. The fraction of sp³-hybridized carbons (Fsp3) is 0.417. The Labute approximate surface area is 104 Å². The van der Waals surface area contributed by atoms with Gasteiger partial charge in [-0.2, -0.15) is 5.10 Å². The molecule has 0 atom stereocenters. The van der Waals surface area contributed by atoms with Crippen molar-refractivity contribution in [3.05, 3.63) is 29.2 Å². The summed E-state index contributed by atoms with van der Waals surface area (Å²) in [6, 6.07) is 1.66. The predicted molar refractivity (Wildman–Crippen MR) is 64.3 cm³/mol. The highest BCUT2D eigenvalue weighted by Gasteiger charge is 2.21. The second-order valence-electron chi connectivity index (χ2n) is 4.47. The van der Waals surface area contributed by atoms with Crippen molar-refractivity contribution in [1.29, 1.82) is 0 Å². The standard InChI is InChI=1S/C12H14N4O2/c1-16-7-6-10(14-16)11(17)13-12-8-4-2-3-5-9(8)15-18-12/h6-7H,2-5H2,1H3,(H,13,17). The Hall–Kier alpha value is -2.11. The average Bonchev–Trinajstić information content (AvgIpc) is 2.97. The molecule has 0 aromatic carbocycles. The lowest BCUT2D eigenvalue weighted by molar-refractivity contribution is 0.101. The molecule has 0 aliphatic heterocycles. The maximum Gasteiger partial charge on any atom is 0.278 e. The van der Waals surface area contributed by atoms with Gasteiger partial charge in [-0.25, -0.2) is 0 Å². The number of nitrogens with one attached hydrogen (secondary N) is 1. The zero-order chi connectivity index (χ0) is 12.5. The van der Waals surface area contributed by atoms with E-state index in [-0.39, 0.29) is 5.91 Å². The zero-order valence-electron chi connectivity index (χ0n) is 10.1. The molecule has 0 unspecified atom stereocenters. The molecule has 0 fully saturated rings. The SMILES string of the molecule is Cn1ccc(C(=O)Nc2onc3c2CCCC3)n1. The van der Waals surface area contributed by atoms with Gasteiger partial charge in [-0.3, -0.25) is 14.8 Å². The molecule has 1 aliphatic carbocycles. The summed E-state index contributed by atoms with van der Waals surface area (Å²) < 4.78 is 6.79. The van der Waals surface area contributed by atoms with Crippen LogP contribution < -0.4 is 5.32 Å². The number of anilines is 1. The van der Waals surface area contributed by atoms with Gasteiger partial charge in [-0.1, -0.05) is 5.16 Å². The molecule has 3 rings (SSSR count). The summed E-state index contributed by atoms with van der Waals surface area (Å²) in [4.78, 5) is 11.9. The van der Waals surface area contributed by atoms with E-state index in [2.05, 4.69) is 15.6 Å². The van der Waals surface area contributed by atoms with Crippen molar-refractivity contribution < 1.29 is 9.32 Å². The molecule has 2 heterocycles. The highest BCUT2D eigenvalue weighted by atomic mass is 16.5. The number of hydrogen-bond donors (Lipinski definition) is 1. The van der Waals surface area contributed by atoms with E-state index in [9.17, 15) is 4.79 Å². The Morgan fingerprint density at radius 1 is 1.44 bits per heavy atom. The molecule has 1 aliphatic rings. The minimum Gasteiger partial charge on any atom is -0.338 e. The normalized spacial score (nSPS) is 14.3. The van der Waals surface area contributed by atoms with Crippen LogP contribution in [0.2, 0.25) is 0 Å². The number of hydrogen-bond acceptors (Lipinski definition) is 4. The fourth-order valence-corrected chi connectivity index (χ4v) is 2.19. The van der Waals surface area contributed by atoms with Gasteiger partial charge < -0.3 is 4.52 Å². The number of amides is 1. The van der Waals surface area contributed by atoms with Crippen LogP contribution in [-0.4, -0.2) is 20.8 Å². The Morgan fingerprint density at radius 3 is 3.06 bits per heavy atom. The van der Waals surface area contributed by atoms with E-state index in [1.165, 1.54) is 0 Å². The lowest BCUT2D eigenvalue weighted by atomic mass is 9.98. The van der Waals surface area contributed by atoms with Crippen LogP contribution in [0, 0.1) is 0 Å². The molecule has 1 N–H and O–H groups in total. The van der Waals surface area contributed by atoms with E-state index in [1.807, 2.05) is 0 Å². The minimum atomic E-state index is -0.264. The summed E-state index contributed by atoms with van der Waals surface area (Å²) in [5.41, 5.74) is 2.38. The summed E-state index contributed by atoms with van der Waals surface area (Å²) in [5, 5.41) is 10.8. The van der Waals surface area contributed by atoms with Crippen molar-refractivity contribution in [2.45, 2.75) is 25.7 Å². The molecule has 18 heavy (non-hydrogen) atoms. The number of nitrogens with zero attached hydrogens (tertiary/aromatic N) is 3. The molecule has 2 aromatic heterocycles. The lowest BCUT2D eigenvalue weighted by Gasteiger charge is -2.08. The topological polar surface area (TPSA) is 73.0 Å². The second kappa shape index (κ2) is 4.29. The van der Waals surface area contributed by atoms with Gasteiger partial charge in [0.15, 0.2) is 5.69 Å². The van der Waals surface area contributed by atoms with Gasteiger partial charge in [0.05, 0.1) is 5.69 Å². The van der Waals surface area contributed by atoms with Crippen LogP contribution in [-0.2, 0) is 19.9 Å². The van der Waals surface area contributed by atoms with Crippen molar-refractivity contribution in [2.75, 3.05) is 5.32 Å².